The van der Waals surface area contributed by atoms with E-state index in [-0.39, 0.29) is 11.2 Å². The van der Waals surface area contributed by atoms with Crippen molar-refractivity contribution in [2.45, 2.75) is 19.3 Å². The molecule has 0 fully saturated rings. The Hall–Kier alpha value is -2.60. The quantitative estimate of drug-likeness (QED) is 0.559. The Bertz CT molecular complexity index is 987. The Morgan fingerprint density at radius 3 is 2.38 bits per heavy atom. The van der Waals surface area contributed by atoms with E-state index in [1.54, 1.807) is 16.6 Å². The summed E-state index contributed by atoms with van der Waals surface area (Å²) in [6.45, 7) is 4.21. The van der Waals surface area contributed by atoms with Gasteiger partial charge in [0.1, 0.15) is 10.8 Å². The fourth-order valence-electron chi connectivity index (χ4n) is 2.70. The molecule has 0 atom stereocenters. The van der Waals surface area contributed by atoms with Crippen LogP contribution >= 0.6 is 11.3 Å². The minimum Gasteiger partial charge on any atom is -0.207 e. The summed E-state index contributed by atoms with van der Waals surface area (Å²) in [5.41, 5.74) is 1.69. The summed E-state index contributed by atoms with van der Waals surface area (Å²) in [5.74, 6) is 0.529. The summed E-state index contributed by atoms with van der Waals surface area (Å²) in [7, 11) is 0. The summed E-state index contributed by atoms with van der Waals surface area (Å²) in [5, 5.41) is 14.1. The largest absolute Gasteiger partial charge is 0.235 e. The van der Waals surface area contributed by atoms with E-state index in [1.807, 2.05) is 18.2 Å². The molecule has 4 aromatic rings. The van der Waals surface area contributed by atoms with E-state index in [4.69, 9.17) is 0 Å². The summed E-state index contributed by atoms with van der Waals surface area (Å²) < 4.78 is 14.9. The molecule has 0 aliphatic heterocycles. The molecule has 120 valence electrons. The van der Waals surface area contributed by atoms with Crippen LogP contribution in [0.5, 0.6) is 0 Å². The van der Waals surface area contributed by atoms with Crippen LogP contribution in [-0.2, 0) is 5.41 Å². The van der Waals surface area contributed by atoms with Gasteiger partial charge < -0.3 is 0 Å². The molecule has 0 radical (unpaired) electrons. The van der Waals surface area contributed by atoms with Crippen molar-refractivity contribution in [3.05, 3.63) is 71.8 Å². The highest BCUT2D eigenvalue weighted by atomic mass is 32.1. The summed E-state index contributed by atoms with van der Waals surface area (Å²) in [6, 6.07) is 16.5. The van der Waals surface area contributed by atoms with Crippen LogP contribution in [0.2, 0.25) is 0 Å². The van der Waals surface area contributed by atoms with Crippen molar-refractivity contribution in [2.75, 3.05) is 0 Å². The van der Waals surface area contributed by atoms with Gasteiger partial charge in [-0.15, -0.1) is 10.2 Å². The standard InChI is InChI=1S/C18H15FN4S/c1-18(2,13-6-4-3-5-7-13)16-20-21-17-23(16)22-15(24-17)12-8-10-14(19)11-9-12/h3-11H,1-2H3. The first kappa shape index (κ1) is 15.0. The first-order chi connectivity index (χ1) is 11.6. The summed E-state index contributed by atoms with van der Waals surface area (Å²) in [4.78, 5) is 0.730. The van der Waals surface area contributed by atoms with E-state index in [0.717, 1.165) is 26.9 Å². The Kier molecular flexibility index (Phi) is 3.42. The van der Waals surface area contributed by atoms with Crippen LogP contribution in [0, 0.1) is 5.82 Å². The monoisotopic (exact) mass is 338 g/mol. The zero-order valence-corrected chi connectivity index (χ0v) is 14.1. The maximum atomic E-state index is 13.1. The lowest BCUT2D eigenvalue weighted by molar-refractivity contribution is 0.569. The van der Waals surface area contributed by atoms with Crippen molar-refractivity contribution in [3.63, 3.8) is 0 Å². The summed E-state index contributed by atoms with van der Waals surface area (Å²) >= 11 is 1.44. The van der Waals surface area contributed by atoms with Crippen molar-refractivity contribution >= 4 is 16.3 Å². The second-order valence-corrected chi connectivity index (χ2v) is 7.08. The molecule has 0 saturated carbocycles. The summed E-state index contributed by atoms with van der Waals surface area (Å²) in [6.07, 6.45) is 0. The fraction of sp³-hybridized carbons (Fsp3) is 0.167. The van der Waals surface area contributed by atoms with Gasteiger partial charge in [0.05, 0.1) is 5.41 Å². The molecule has 0 spiro atoms. The lowest BCUT2D eigenvalue weighted by atomic mass is 9.84. The molecule has 4 nitrogen and oxygen atoms in total. The zero-order chi connectivity index (χ0) is 16.7. The van der Waals surface area contributed by atoms with Gasteiger partial charge in [-0.3, -0.25) is 0 Å². The van der Waals surface area contributed by atoms with Crippen molar-refractivity contribution in [1.29, 1.82) is 0 Å². The molecule has 0 N–H and O–H groups in total. The van der Waals surface area contributed by atoms with Crippen LogP contribution in [0.4, 0.5) is 4.39 Å². The fourth-order valence-corrected chi connectivity index (χ4v) is 3.54. The van der Waals surface area contributed by atoms with Gasteiger partial charge in [-0.05, 0) is 43.7 Å². The van der Waals surface area contributed by atoms with Gasteiger partial charge in [-0.2, -0.15) is 9.61 Å². The molecule has 0 bridgehead atoms. The van der Waals surface area contributed by atoms with E-state index >= 15 is 0 Å². The van der Waals surface area contributed by atoms with Crippen LogP contribution in [0.25, 0.3) is 15.5 Å². The third-order valence-corrected chi connectivity index (χ3v) is 5.08. The van der Waals surface area contributed by atoms with Gasteiger partial charge in [0.15, 0.2) is 5.82 Å². The number of hydrogen-bond donors (Lipinski definition) is 0. The molecule has 0 saturated heterocycles. The second-order valence-electron chi connectivity index (χ2n) is 6.12. The second kappa shape index (κ2) is 5.49. The molecule has 24 heavy (non-hydrogen) atoms. The molecule has 0 aliphatic carbocycles. The van der Waals surface area contributed by atoms with Gasteiger partial charge in [-0.1, -0.05) is 41.7 Å². The Labute approximate surface area is 142 Å². The van der Waals surface area contributed by atoms with Crippen LogP contribution in [0.15, 0.2) is 54.6 Å². The minimum atomic E-state index is -0.325. The van der Waals surface area contributed by atoms with Crippen LogP contribution in [-0.4, -0.2) is 19.8 Å². The minimum absolute atomic E-state index is 0.257. The smallest absolute Gasteiger partial charge is 0.207 e. The zero-order valence-electron chi connectivity index (χ0n) is 13.3. The van der Waals surface area contributed by atoms with Crippen LogP contribution in [0.1, 0.15) is 25.2 Å². The number of halogens is 1. The average molecular weight is 338 g/mol. The molecular formula is C18H15FN4S. The molecule has 2 heterocycles. The highest BCUT2D eigenvalue weighted by Crippen LogP contribution is 2.32. The van der Waals surface area contributed by atoms with Crippen molar-refractivity contribution in [3.8, 4) is 10.6 Å². The van der Waals surface area contributed by atoms with E-state index in [0.29, 0.717) is 0 Å². The van der Waals surface area contributed by atoms with Crippen molar-refractivity contribution < 1.29 is 4.39 Å². The molecule has 4 rings (SSSR count). The Morgan fingerprint density at radius 1 is 0.958 bits per heavy atom. The normalized spacial score (nSPS) is 12.0. The number of fused-ring (bicyclic) bond motifs is 1. The number of rotatable bonds is 3. The van der Waals surface area contributed by atoms with Gasteiger partial charge in [0, 0.05) is 5.56 Å². The highest BCUT2D eigenvalue weighted by Gasteiger charge is 2.30. The molecule has 0 aliphatic rings. The highest BCUT2D eigenvalue weighted by molar-refractivity contribution is 7.19. The van der Waals surface area contributed by atoms with Gasteiger partial charge >= 0.3 is 0 Å². The third kappa shape index (κ3) is 2.39. The first-order valence-corrected chi connectivity index (χ1v) is 8.41. The lowest BCUT2D eigenvalue weighted by Gasteiger charge is -2.22. The van der Waals surface area contributed by atoms with E-state index in [1.165, 1.54) is 23.5 Å². The van der Waals surface area contributed by atoms with Crippen molar-refractivity contribution in [1.82, 2.24) is 19.8 Å². The molecule has 0 unspecified atom stereocenters. The number of aromatic nitrogens is 4. The van der Waals surface area contributed by atoms with Crippen molar-refractivity contribution in [2.24, 2.45) is 0 Å². The van der Waals surface area contributed by atoms with Gasteiger partial charge in [0.25, 0.3) is 0 Å². The molecular weight excluding hydrogens is 323 g/mol. The number of nitrogens with zero attached hydrogens (tertiary/aromatic N) is 4. The van der Waals surface area contributed by atoms with E-state index in [2.05, 4.69) is 41.3 Å². The number of benzene rings is 2. The Balaban J connectivity index is 1.82. The molecule has 0 amide bonds. The van der Waals surface area contributed by atoms with E-state index < -0.39 is 0 Å². The SMILES string of the molecule is CC(C)(c1ccccc1)c1nnc2sc(-c3ccc(F)cc3)nn12. The van der Waals surface area contributed by atoms with Gasteiger partial charge in [0.2, 0.25) is 4.96 Å². The van der Waals surface area contributed by atoms with Gasteiger partial charge in [-0.25, -0.2) is 4.39 Å². The van der Waals surface area contributed by atoms with Crippen LogP contribution < -0.4 is 0 Å². The van der Waals surface area contributed by atoms with E-state index in [9.17, 15) is 4.39 Å². The predicted molar refractivity (Wildman–Crippen MR) is 92.6 cm³/mol. The average Bonchev–Trinajstić information content (AvgIpc) is 3.17. The maximum Gasteiger partial charge on any atom is 0.235 e. The van der Waals surface area contributed by atoms with Crippen LogP contribution in [0.3, 0.4) is 0 Å². The predicted octanol–water partition coefficient (Wildman–Crippen LogP) is 4.32. The third-order valence-electron chi connectivity index (χ3n) is 4.14. The number of hydrogen-bond acceptors (Lipinski definition) is 4. The molecule has 2 aromatic heterocycles. The Morgan fingerprint density at radius 2 is 1.67 bits per heavy atom. The molecule has 6 heteroatoms. The topological polar surface area (TPSA) is 43.1 Å². The lowest BCUT2D eigenvalue weighted by Crippen LogP contribution is -2.22. The maximum absolute atomic E-state index is 13.1. The first-order valence-electron chi connectivity index (χ1n) is 7.60. The molecule has 2 aromatic carbocycles.